The Kier molecular flexibility index (Phi) is 3.05. The number of aryl methyl sites for hydroxylation is 2. The van der Waals surface area contributed by atoms with E-state index in [4.69, 9.17) is 0 Å². The molecule has 2 aromatic rings. The fourth-order valence-corrected chi connectivity index (χ4v) is 1.72. The number of nitrogens with zero attached hydrogens (tertiary/aromatic N) is 4. The lowest BCUT2D eigenvalue weighted by molar-refractivity contribution is 0.530. The van der Waals surface area contributed by atoms with Crippen molar-refractivity contribution in [1.29, 1.82) is 0 Å². The molecule has 1 unspecified atom stereocenters. The van der Waals surface area contributed by atoms with Crippen LogP contribution in [0.2, 0.25) is 0 Å². The summed E-state index contributed by atoms with van der Waals surface area (Å²) in [7, 11) is 3.93. The van der Waals surface area contributed by atoms with Crippen molar-refractivity contribution in [2.24, 2.45) is 14.1 Å². The van der Waals surface area contributed by atoms with Gasteiger partial charge in [0.25, 0.3) is 0 Å². The minimum absolute atomic E-state index is 0.236. The van der Waals surface area contributed by atoms with Crippen LogP contribution in [0.15, 0.2) is 24.8 Å². The van der Waals surface area contributed by atoms with Gasteiger partial charge in [0.15, 0.2) is 0 Å². The van der Waals surface area contributed by atoms with Gasteiger partial charge in [0.2, 0.25) is 0 Å². The Bertz CT molecular complexity index is 456. The lowest BCUT2D eigenvalue weighted by Gasteiger charge is -2.12. The van der Waals surface area contributed by atoms with E-state index in [1.165, 1.54) is 5.56 Å². The van der Waals surface area contributed by atoms with Crippen molar-refractivity contribution in [2.45, 2.75) is 19.5 Å². The summed E-state index contributed by atoms with van der Waals surface area (Å²) in [5.74, 6) is 1.05. The number of nitrogens with one attached hydrogen (secondary N) is 1. The van der Waals surface area contributed by atoms with Crippen LogP contribution in [0.25, 0.3) is 0 Å². The molecule has 0 spiro atoms. The van der Waals surface area contributed by atoms with Crippen LogP contribution in [0, 0.1) is 0 Å². The summed E-state index contributed by atoms with van der Waals surface area (Å²) in [4.78, 5) is 4.31. The predicted molar refractivity (Wildman–Crippen MR) is 61.7 cm³/mol. The van der Waals surface area contributed by atoms with Crippen LogP contribution >= 0.6 is 0 Å². The molecule has 5 heteroatoms. The molecule has 86 valence electrons. The Balaban J connectivity index is 1.93. The van der Waals surface area contributed by atoms with Crippen LogP contribution in [-0.2, 0) is 20.6 Å². The highest BCUT2D eigenvalue weighted by molar-refractivity contribution is 5.04. The van der Waals surface area contributed by atoms with E-state index in [9.17, 15) is 0 Å². The van der Waals surface area contributed by atoms with E-state index in [0.29, 0.717) is 0 Å². The number of aromatic nitrogens is 4. The van der Waals surface area contributed by atoms with Gasteiger partial charge in [0, 0.05) is 44.8 Å². The van der Waals surface area contributed by atoms with Crippen LogP contribution in [0.5, 0.6) is 0 Å². The van der Waals surface area contributed by atoms with Crippen molar-refractivity contribution in [3.8, 4) is 0 Å². The molecule has 0 saturated carbocycles. The Morgan fingerprint density at radius 3 is 2.81 bits per heavy atom. The lowest BCUT2D eigenvalue weighted by atomic mass is 10.3. The fraction of sp³-hybridized carbons (Fsp3) is 0.455. The first-order valence-electron chi connectivity index (χ1n) is 5.35. The van der Waals surface area contributed by atoms with E-state index < -0.39 is 0 Å². The molecule has 2 rings (SSSR count). The molecule has 0 fully saturated rings. The second-order valence-corrected chi connectivity index (χ2v) is 4.02. The van der Waals surface area contributed by atoms with Gasteiger partial charge in [0.1, 0.15) is 5.82 Å². The molecule has 0 radical (unpaired) electrons. The Morgan fingerprint density at radius 2 is 2.25 bits per heavy atom. The average Bonchev–Trinajstić information content (AvgIpc) is 2.84. The number of imidazole rings is 1. The highest BCUT2D eigenvalue weighted by Crippen LogP contribution is 2.09. The van der Waals surface area contributed by atoms with Crippen molar-refractivity contribution in [3.63, 3.8) is 0 Å². The van der Waals surface area contributed by atoms with Gasteiger partial charge in [-0.05, 0) is 6.92 Å². The Morgan fingerprint density at radius 1 is 1.44 bits per heavy atom. The third-order valence-electron chi connectivity index (χ3n) is 2.62. The van der Waals surface area contributed by atoms with E-state index >= 15 is 0 Å². The maximum absolute atomic E-state index is 4.31. The van der Waals surface area contributed by atoms with Crippen LogP contribution in [0.4, 0.5) is 0 Å². The van der Waals surface area contributed by atoms with Crippen molar-refractivity contribution in [2.75, 3.05) is 0 Å². The quantitative estimate of drug-likeness (QED) is 0.834. The molecular formula is C11H17N5. The lowest BCUT2D eigenvalue weighted by Crippen LogP contribution is -2.20. The van der Waals surface area contributed by atoms with Crippen molar-refractivity contribution >= 4 is 0 Å². The second kappa shape index (κ2) is 4.49. The standard InChI is InChI=1S/C11H17N5/c1-9(11-12-4-5-15(11)2)13-6-10-7-14-16(3)8-10/h4-5,7-9,13H,6H2,1-3H3. The normalized spacial score (nSPS) is 12.9. The minimum Gasteiger partial charge on any atom is -0.337 e. The molecular weight excluding hydrogens is 202 g/mol. The van der Waals surface area contributed by atoms with Crippen LogP contribution in [0.1, 0.15) is 24.4 Å². The third kappa shape index (κ3) is 2.30. The van der Waals surface area contributed by atoms with E-state index in [0.717, 1.165) is 12.4 Å². The zero-order valence-corrected chi connectivity index (χ0v) is 9.88. The summed E-state index contributed by atoms with van der Waals surface area (Å²) in [6.45, 7) is 2.92. The summed E-state index contributed by atoms with van der Waals surface area (Å²) in [6.07, 6.45) is 7.66. The van der Waals surface area contributed by atoms with E-state index in [1.807, 2.05) is 48.1 Å². The maximum atomic E-state index is 4.31. The first-order valence-corrected chi connectivity index (χ1v) is 5.35. The molecule has 0 aliphatic rings. The number of hydrogen-bond donors (Lipinski definition) is 1. The Hall–Kier alpha value is -1.62. The van der Waals surface area contributed by atoms with Crippen molar-refractivity contribution in [1.82, 2.24) is 24.6 Å². The second-order valence-electron chi connectivity index (χ2n) is 4.02. The van der Waals surface area contributed by atoms with Crippen LogP contribution < -0.4 is 5.32 Å². The molecule has 0 aliphatic carbocycles. The van der Waals surface area contributed by atoms with Crippen molar-refractivity contribution < 1.29 is 0 Å². The molecule has 0 aromatic carbocycles. The Labute approximate surface area is 95.1 Å². The van der Waals surface area contributed by atoms with Gasteiger partial charge < -0.3 is 9.88 Å². The molecule has 0 aliphatic heterocycles. The molecule has 0 amide bonds. The van der Waals surface area contributed by atoms with Crippen LogP contribution in [0.3, 0.4) is 0 Å². The third-order valence-corrected chi connectivity index (χ3v) is 2.62. The maximum Gasteiger partial charge on any atom is 0.125 e. The first-order chi connectivity index (χ1) is 7.66. The number of hydrogen-bond acceptors (Lipinski definition) is 3. The van der Waals surface area contributed by atoms with Gasteiger partial charge in [-0.2, -0.15) is 5.10 Å². The summed E-state index contributed by atoms with van der Waals surface area (Å²) in [5, 5.41) is 7.55. The molecule has 0 bridgehead atoms. The van der Waals surface area contributed by atoms with Gasteiger partial charge in [-0.15, -0.1) is 0 Å². The van der Waals surface area contributed by atoms with E-state index in [2.05, 4.69) is 22.3 Å². The molecule has 1 atom stereocenters. The van der Waals surface area contributed by atoms with Gasteiger partial charge in [-0.25, -0.2) is 4.98 Å². The van der Waals surface area contributed by atoms with Gasteiger partial charge in [-0.1, -0.05) is 0 Å². The smallest absolute Gasteiger partial charge is 0.125 e. The van der Waals surface area contributed by atoms with E-state index in [-0.39, 0.29) is 6.04 Å². The zero-order valence-electron chi connectivity index (χ0n) is 9.88. The molecule has 2 aromatic heterocycles. The zero-order chi connectivity index (χ0) is 11.5. The van der Waals surface area contributed by atoms with Gasteiger partial charge >= 0.3 is 0 Å². The van der Waals surface area contributed by atoms with E-state index in [1.54, 1.807) is 0 Å². The highest BCUT2D eigenvalue weighted by atomic mass is 15.2. The minimum atomic E-state index is 0.236. The number of rotatable bonds is 4. The molecule has 5 nitrogen and oxygen atoms in total. The fourth-order valence-electron chi connectivity index (χ4n) is 1.72. The van der Waals surface area contributed by atoms with Gasteiger partial charge in [0.05, 0.1) is 12.2 Å². The summed E-state index contributed by atoms with van der Waals surface area (Å²) >= 11 is 0. The van der Waals surface area contributed by atoms with Crippen molar-refractivity contribution in [3.05, 3.63) is 36.2 Å². The summed E-state index contributed by atoms with van der Waals surface area (Å²) < 4.78 is 3.84. The molecule has 16 heavy (non-hydrogen) atoms. The highest BCUT2D eigenvalue weighted by Gasteiger charge is 2.09. The average molecular weight is 219 g/mol. The van der Waals surface area contributed by atoms with Gasteiger partial charge in [-0.3, -0.25) is 4.68 Å². The molecule has 2 heterocycles. The summed E-state index contributed by atoms with van der Waals surface area (Å²) in [6, 6.07) is 0.236. The molecule has 0 saturated heterocycles. The monoisotopic (exact) mass is 219 g/mol. The molecule has 1 N–H and O–H groups in total. The summed E-state index contributed by atoms with van der Waals surface area (Å²) in [5.41, 5.74) is 1.18. The predicted octanol–water partition coefficient (Wildman–Crippen LogP) is 1.00. The topological polar surface area (TPSA) is 47.7 Å². The SMILES string of the molecule is CC(NCc1cnn(C)c1)c1nccn1C. The first kappa shape index (κ1) is 10.9. The van der Waals surface area contributed by atoms with Crippen LogP contribution in [-0.4, -0.2) is 19.3 Å². The largest absolute Gasteiger partial charge is 0.337 e.